The second-order valence-electron chi connectivity index (χ2n) is 10.2. The minimum atomic E-state index is -3.83. The molecule has 10 heteroatoms. The Labute approximate surface area is 247 Å². The first-order valence-electron chi connectivity index (χ1n) is 12.9. The van der Waals surface area contributed by atoms with Crippen molar-refractivity contribution in [2.75, 3.05) is 23.7 Å². The Morgan fingerprint density at radius 3 is 2.15 bits per heavy atom. The Hall–Kier alpha value is -3.07. The van der Waals surface area contributed by atoms with Crippen molar-refractivity contribution in [1.29, 1.82) is 0 Å². The minimum Gasteiger partial charge on any atom is -0.354 e. The van der Waals surface area contributed by atoms with E-state index in [9.17, 15) is 18.0 Å². The molecule has 0 aliphatic carbocycles. The van der Waals surface area contributed by atoms with Crippen molar-refractivity contribution >= 4 is 50.7 Å². The van der Waals surface area contributed by atoms with Crippen molar-refractivity contribution in [1.82, 2.24) is 10.2 Å². The molecule has 7 nitrogen and oxygen atoms in total. The molecule has 3 aromatic rings. The topological polar surface area (TPSA) is 86.8 Å². The zero-order valence-electron chi connectivity index (χ0n) is 23.1. The first kappa shape index (κ1) is 31.5. The zero-order chi connectivity index (χ0) is 29.4. The summed E-state index contributed by atoms with van der Waals surface area (Å²) in [4.78, 5) is 29.2. The number of nitrogens with one attached hydrogen (secondary N) is 1. The normalized spacial score (nSPS) is 12.2. The Balaban J connectivity index is 2.07. The second kappa shape index (κ2) is 14.0. The van der Waals surface area contributed by atoms with Gasteiger partial charge in [-0.2, -0.15) is 0 Å². The van der Waals surface area contributed by atoms with Crippen LogP contribution in [0, 0.1) is 12.8 Å². The molecule has 0 fully saturated rings. The summed E-state index contributed by atoms with van der Waals surface area (Å²) in [6, 6.07) is 20.4. The van der Waals surface area contributed by atoms with Gasteiger partial charge in [0, 0.05) is 19.5 Å². The number of amides is 2. The third-order valence-corrected chi connectivity index (χ3v) is 8.22. The summed E-state index contributed by atoms with van der Waals surface area (Å²) in [5, 5.41) is 3.63. The van der Waals surface area contributed by atoms with Crippen molar-refractivity contribution in [3.63, 3.8) is 0 Å². The van der Waals surface area contributed by atoms with Crippen LogP contribution in [0.4, 0.5) is 5.69 Å². The van der Waals surface area contributed by atoms with E-state index in [1.54, 1.807) is 49.4 Å². The fourth-order valence-electron chi connectivity index (χ4n) is 4.25. The number of halogens is 2. The molecule has 214 valence electrons. The van der Waals surface area contributed by atoms with Gasteiger partial charge >= 0.3 is 0 Å². The van der Waals surface area contributed by atoms with E-state index in [0.29, 0.717) is 33.4 Å². The molecule has 0 aromatic heterocycles. The van der Waals surface area contributed by atoms with Gasteiger partial charge in [0.1, 0.15) is 12.6 Å². The Bertz CT molecular complexity index is 1430. The summed E-state index contributed by atoms with van der Waals surface area (Å²) < 4.78 is 26.9. The number of hydrogen-bond acceptors (Lipinski definition) is 4. The summed E-state index contributed by atoms with van der Waals surface area (Å²) in [6.07, 6.45) is 1.30. The molecule has 0 aliphatic rings. The summed E-state index contributed by atoms with van der Waals surface area (Å²) in [5.41, 5.74) is 2.61. The van der Waals surface area contributed by atoms with Gasteiger partial charge in [0.25, 0.3) is 0 Å². The fourth-order valence-corrected chi connectivity index (χ4v) is 5.48. The number of nitrogens with zero attached hydrogens (tertiary/aromatic N) is 2. The van der Waals surface area contributed by atoms with Crippen molar-refractivity contribution in [3.8, 4) is 0 Å². The van der Waals surface area contributed by atoms with E-state index in [-0.39, 0.29) is 24.8 Å². The third kappa shape index (κ3) is 8.71. The quantitative estimate of drug-likeness (QED) is 0.297. The predicted molar refractivity (Wildman–Crippen MR) is 162 cm³/mol. The molecule has 0 saturated carbocycles. The molecule has 0 heterocycles. The molecule has 40 heavy (non-hydrogen) atoms. The highest BCUT2D eigenvalue weighted by molar-refractivity contribution is 7.92. The Morgan fingerprint density at radius 1 is 0.900 bits per heavy atom. The molecular weight excluding hydrogens is 569 g/mol. The van der Waals surface area contributed by atoms with Crippen LogP contribution >= 0.6 is 23.2 Å². The van der Waals surface area contributed by atoms with Crippen LogP contribution in [0.5, 0.6) is 0 Å². The lowest BCUT2D eigenvalue weighted by atomic mass is 10.0. The first-order valence-corrected chi connectivity index (χ1v) is 15.6. The average Bonchev–Trinajstić information content (AvgIpc) is 2.90. The van der Waals surface area contributed by atoms with Gasteiger partial charge in [-0.1, -0.05) is 91.6 Å². The van der Waals surface area contributed by atoms with Gasteiger partial charge in [0.05, 0.1) is 22.0 Å². The molecule has 0 aliphatic heterocycles. The van der Waals surface area contributed by atoms with Gasteiger partial charge in [0.15, 0.2) is 0 Å². The number of hydrogen-bond donors (Lipinski definition) is 1. The summed E-state index contributed by atoms with van der Waals surface area (Å²) in [6.45, 7) is 5.72. The van der Waals surface area contributed by atoms with Crippen LogP contribution in [0.1, 0.15) is 30.5 Å². The van der Waals surface area contributed by atoms with Crippen molar-refractivity contribution in [2.45, 2.75) is 39.8 Å². The molecule has 0 radical (unpaired) electrons. The number of carbonyl (C=O) groups excluding carboxylic acids is 2. The van der Waals surface area contributed by atoms with E-state index in [4.69, 9.17) is 23.2 Å². The van der Waals surface area contributed by atoms with Gasteiger partial charge < -0.3 is 10.2 Å². The van der Waals surface area contributed by atoms with Gasteiger partial charge in [0.2, 0.25) is 21.8 Å². The average molecular weight is 605 g/mol. The number of rotatable bonds is 12. The van der Waals surface area contributed by atoms with Gasteiger partial charge in [-0.05, 0) is 47.7 Å². The molecule has 0 saturated heterocycles. The maximum Gasteiger partial charge on any atom is 0.244 e. The van der Waals surface area contributed by atoms with Gasteiger partial charge in [-0.25, -0.2) is 8.42 Å². The number of carbonyl (C=O) groups is 2. The van der Waals surface area contributed by atoms with E-state index in [2.05, 4.69) is 5.32 Å². The number of benzene rings is 3. The number of aryl methyl sites for hydroxylation is 1. The van der Waals surface area contributed by atoms with E-state index in [0.717, 1.165) is 16.1 Å². The van der Waals surface area contributed by atoms with Crippen molar-refractivity contribution in [3.05, 3.63) is 99.5 Å². The third-order valence-electron chi connectivity index (χ3n) is 6.36. The Morgan fingerprint density at radius 2 is 1.55 bits per heavy atom. The van der Waals surface area contributed by atoms with Crippen molar-refractivity contribution in [2.24, 2.45) is 5.92 Å². The lowest BCUT2D eigenvalue weighted by molar-refractivity contribution is -0.140. The van der Waals surface area contributed by atoms with Crippen LogP contribution < -0.4 is 9.62 Å². The molecule has 0 unspecified atom stereocenters. The molecule has 1 atom stereocenters. The lowest BCUT2D eigenvalue weighted by Gasteiger charge is -2.34. The smallest absolute Gasteiger partial charge is 0.244 e. The van der Waals surface area contributed by atoms with Crippen LogP contribution in [-0.4, -0.2) is 50.5 Å². The number of anilines is 1. The fraction of sp³-hybridized carbons (Fsp3) is 0.333. The molecule has 3 aromatic carbocycles. The summed E-state index contributed by atoms with van der Waals surface area (Å²) >= 11 is 12.4. The maximum absolute atomic E-state index is 14.1. The summed E-state index contributed by atoms with van der Waals surface area (Å²) in [7, 11) is -3.83. The summed E-state index contributed by atoms with van der Waals surface area (Å²) in [5.74, 6) is -0.657. The predicted octanol–water partition coefficient (Wildman–Crippen LogP) is 5.48. The first-order chi connectivity index (χ1) is 18.9. The van der Waals surface area contributed by atoms with Crippen LogP contribution in [0.25, 0.3) is 0 Å². The monoisotopic (exact) mass is 603 g/mol. The molecule has 2 amide bonds. The number of para-hydroxylation sites is 1. The SMILES string of the molecule is Cc1ccccc1N(CC(=O)N(Cc1ccc(Cl)c(Cl)c1)[C@H](Cc1ccccc1)C(=O)NCC(C)C)S(C)(=O)=O. The van der Waals surface area contributed by atoms with Crippen LogP contribution in [0.2, 0.25) is 10.0 Å². The maximum atomic E-state index is 14.1. The molecule has 3 rings (SSSR count). The van der Waals surface area contributed by atoms with Crippen LogP contribution in [0.3, 0.4) is 0 Å². The van der Waals surface area contributed by atoms with E-state index >= 15 is 0 Å². The van der Waals surface area contributed by atoms with Crippen LogP contribution in [0.15, 0.2) is 72.8 Å². The van der Waals surface area contributed by atoms with E-state index < -0.39 is 28.5 Å². The van der Waals surface area contributed by atoms with Crippen molar-refractivity contribution < 1.29 is 18.0 Å². The highest BCUT2D eigenvalue weighted by Gasteiger charge is 2.33. The second-order valence-corrected chi connectivity index (χ2v) is 12.9. The molecule has 1 N–H and O–H groups in total. The van der Waals surface area contributed by atoms with E-state index in [1.807, 2.05) is 44.2 Å². The van der Waals surface area contributed by atoms with E-state index in [1.165, 1.54) is 4.90 Å². The molecule has 0 spiro atoms. The lowest BCUT2D eigenvalue weighted by Crippen LogP contribution is -2.53. The van der Waals surface area contributed by atoms with Gasteiger partial charge in [-0.15, -0.1) is 0 Å². The zero-order valence-corrected chi connectivity index (χ0v) is 25.4. The van der Waals surface area contributed by atoms with Crippen LogP contribution in [-0.2, 0) is 32.6 Å². The highest BCUT2D eigenvalue weighted by atomic mass is 35.5. The largest absolute Gasteiger partial charge is 0.354 e. The highest BCUT2D eigenvalue weighted by Crippen LogP contribution is 2.26. The molecule has 0 bridgehead atoms. The Kier molecular flexibility index (Phi) is 11.0. The minimum absolute atomic E-state index is 0.0215. The van der Waals surface area contributed by atoms with Gasteiger partial charge in [-0.3, -0.25) is 13.9 Å². The number of sulfonamides is 1. The molecular formula is C30H35Cl2N3O4S. The standard InChI is InChI=1S/C30H35Cl2N3O4S/c1-21(2)18-33-30(37)28(17-23-11-6-5-7-12-23)34(19-24-14-15-25(31)26(32)16-24)29(36)20-35(40(4,38)39)27-13-9-8-10-22(27)3/h5-16,21,28H,17-20H2,1-4H3,(H,33,37)/t28-/m1/s1.